The van der Waals surface area contributed by atoms with Crippen molar-refractivity contribution >= 4 is 22.8 Å². The van der Waals surface area contributed by atoms with E-state index in [0.29, 0.717) is 0 Å². The molecule has 2 aromatic rings. The summed E-state index contributed by atoms with van der Waals surface area (Å²) in [6, 6.07) is 8.24. The summed E-state index contributed by atoms with van der Waals surface area (Å²) in [4.78, 5) is 4.61. The van der Waals surface area contributed by atoms with Crippen molar-refractivity contribution in [2.45, 2.75) is 25.5 Å². The molecule has 0 aliphatic carbocycles. The van der Waals surface area contributed by atoms with Crippen molar-refractivity contribution in [3.63, 3.8) is 0 Å². The number of para-hydroxylation sites is 2. The topological polar surface area (TPSA) is 17.8 Å². The maximum absolute atomic E-state index is 4.61. The maximum Gasteiger partial charge on any atom is 0.169 e. The third-order valence-corrected chi connectivity index (χ3v) is 3.24. The van der Waals surface area contributed by atoms with E-state index in [0.717, 1.165) is 23.0 Å². The number of hydrogen-bond donors (Lipinski definition) is 0. The zero-order valence-corrected chi connectivity index (χ0v) is 10.3. The molecule has 16 heavy (non-hydrogen) atoms. The van der Waals surface area contributed by atoms with E-state index >= 15 is 0 Å². The van der Waals surface area contributed by atoms with E-state index in [4.69, 9.17) is 0 Å². The number of aromatic nitrogens is 2. The molecule has 0 saturated heterocycles. The lowest BCUT2D eigenvalue weighted by atomic mass is 10.3. The number of hydrogen-bond acceptors (Lipinski definition) is 2. The van der Waals surface area contributed by atoms with Crippen LogP contribution in [0.1, 0.15) is 13.8 Å². The molecule has 2 rings (SSSR count). The summed E-state index contributed by atoms with van der Waals surface area (Å²) < 4.78 is 2.23. The molecule has 1 aromatic carbocycles. The van der Waals surface area contributed by atoms with Crippen molar-refractivity contribution in [3.8, 4) is 11.8 Å². The van der Waals surface area contributed by atoms with Gasteiger partial charge in [-0.2, -0.15) is 0 Å². The van der Waals surface area contributed by atoms with E-state index in [1.807, 2.05) is 13.0 Å². The van der Waals surface area contributed by atoms with Gasteiger partial charge in [0.1, 0.15) is 0 Å². The summed E-state index contributed by atoms with van der Waals surface area (Å²) in [6.07, 6.45) is 0. The Morgan fingerprint density at radius 3 is 2.94 bits per heavy atom. The second-order valence-corrected chi connectivity index (χ2v) is 4.29. The molecule has 2 nitrogen and oxygen atoms in total. The monoisotopic (exact) mass is 230 g/mol. The maximum atomic E-state index is 4.61. The fourth-order valence-electron chi connectivity index (χ4n) is 1.64. The van der Waals surface area contributed by atoms with Gasteiger partial charge in [-0.15, -0.1) is 5.92 Å². The summed E-state index contributed by atoms with van der Waals surface area (Å²) in [7, 11) is 0. The Morgan fingerprint density at radius 2 is 2.19 bits per heavy atom. The highest BCUT2D eigenvalue weighted by molar-refractivity contribution is 7.99. The van der Waals surface area contributed by atoms with Crippen molar-refractivity contribution in [3.05, 3.63) is 24.3 Å². The molecule has 0 fully saturated rings. The standard InChI is InChI=1S/C13H14N2S/c1-3-5-10-16-13-14-11-8-6-7-9-12(11)15(13)4-2/h6-9H,4,10H2,1-2H3. The van der Waals surface area contributed by atoms with Gasteiger partial charge in [0.25, 0.3) is 0 Å². The Hall–Kier alpha value is -1.40. The Labute approximate surface area is 100 Å². The highest BCUT2D eigenvalue weighted by atomic mass is 32.2. The van der Waals surface area contributed by atoms with Crippen molar-refractivity contribution in [1.82, 2.24) is 9.55 Å². The number of imidazole rings is 1. The second-order valence-electron chi connectivity index (χ2n) is 3.34. The second kappa shape index (κ2) is 5.09. The number of aryl methyl sites for hydroxylation is 1. The molecule has 0 saturated carbocycles. The van der Waals surface area contributed by atoms with Crippen LogP contribution in [0.25, 0.3) is 11.0 Å². The predicted molar refractivity (Wildman–Crippen MR) is 69.6 cm³/mol. The minimum Gasteiger partial charge on any atom is -0.319 e. The van der Waals surface area contributed by atoms with Gasteiger partial charge in [0, 0.05) is 6.54 Å². The molecule has 0 aliphatic heterocycles. The number of rotatable bonds is 3. The molecule has 0 atom stereocenters. The van der Waals surface area contributed by atoms with Gasteiger partial charge in [0.2, 0.25) is 0 Å². The average molecular weight is 230 g/mol. The summed E-state index contributed by atoms with van der Waals surface area (Å²) in [6.45, 7) is 4.95. The zero-order valence-electron chi connectivity index (χ0n) is 9.53. The van der Waals surface area contributed by atoms with Crippen molar-refractivity contribution in [1.29, 1.82) is 0 Å². The van der Waals surface area contributed by atoms with Crippen LogP contribution >= 0.6 is 11.8 Å². The normalized spacial score (nSPS) is 10.1. The Morgan fingerprint density at radius 1 is 1.38 bits per heavy atom. The lowest BCUT2D eigenvalue weighted by Gasteiger charge is -2.03. The van der Waals surface area contributed by atoms with Crippen molar-refractivity contribution in [2.24, 2.45) is 0 Å². The molecule has 0 amide bonds. The van der Waals surface area contributed by atoms with Crippen LogP contribution in [-0.2, 0) is 6.54 Å². The van der Waals surface area contributed by atoms with Crippen molar-refractivity contribution < 1.29 is 0 Å². The quantitative estimate of drug-likeness (QED) is 0.595. The van der Waals surface area contributed by atoms with Crippen LogP contribution in [0.4, 0.5) is 0 Å². The predicted octanol–water partition coefficient (Wildman–Crippen LogP) is 3.17. The van der Waals surface area contributed by atoms with Crippen LogP contribution in [0.5, 0.6) is 0 Å². The molecular formula is C13H14N2S. The van der Waals surface area contributed by atoms with E-state index in [1.165, 1.54) is 5.52 Å². The van der Waals surface area contributed by atoms with Crippen molar-refractivity contribution in [2.75, 3.05) is 5.75 Å². The van der Waals surface area contributed by atoms with Gasteiger partial charge in [-0.25, -0.2) is 4.98 Å². The highest BCUT2D eigenvalue weighted by Crippen LogP contribution is 2.23. The lowest BCUT2D eigenvalue weighted by Crippen LogP contribution is -1.96. The number of nitrogens with zero attached hydrogens (tertiary/aromatic N) is 2. The van der Waals surface area contributed by atoms with Gasteiger partial charge in [0.05, 0.1) is 16.8 Å². The van der Waals surface area contributed by atoms with Gasteiger partial charge in [-0.1, -0.05) is 29.8 Å². The molecule has 0 bridgehead atoms. The third-order valence-electron chi connectivity index (χ3n) is 2.39. The Balaban J connectivity index is 2.38. The SMILES string of the molecule is CC#CCSc1nc2ccccc2n1CC. The molecule has 0 N–H and O–H groups in total. The van der Waals surface area contributed by atoms with Crippen LogP contribution in [0.15, 0.2) is 29.4 Å². The van der Waals surface area contributed by atoms with Gasteiger partial charge in [-0.05, 0) is 26.0 Å². The van der Waals surface area contributed by atoms with Crippen LogP contribution in [0.3, 0.4) is 0 Å². The first-order valence-electron chi connectivity index (χ1n) is 5.34. The molecule has 0 radical (unpaired) electrons. The van der Waals surface area contributed by atoms with E-state index in [-0.39, 0.29) is 0 Å². The third kappa shape index (κ3) is 2.07. The molecule has 0 spiro atoms. The van der Waals surface area contributed by atoms with E-state index in [2.05, 4.69) is 46.5 Å². The minimum absolute atomic E-state index is 0.805. The van der Waals surface area contributed by atoms with Gasteiger partial charge in [-0.3, -0.25) is 0 Å². The first kappa shape index (κ1) is 11.1. The molecule has 0 unspecified atom stereocenters. The van der Waals surface area contributed by atoms with Crippen LogP contribution in [0.2, 0.25) is 0 Å². The number of fused-ring (bicyclic) bond motifs is 1. The van der Waals surface area contributed by atoms with E-state index in [9.17, 15) is 0 Å². The van der Waals surface area contributed by atoms with Crippen LogP contribution in [-0.4, -0.2) is 15.3 Å². The Bertz CT molecular complexity index is 546. The highest BCUT2D eigenvalue weighted by Gasteiger charge is 2.08. The molecular weight excluding hydrogens is 216 g/mol. The summed E-state index contributed by atoms with van der Waals surface area (Å²) in [5.41, 5.74) is 2.27. The molecule has 3 heteroatoms. The molecule has 1 aromatic heterocycles. The zero-order chi connectivity index (χ0) is 11.4. The number of thioether (sulfide) groups is 1. The fraction of sp³-hybridized carbons (Fsp3) is 0.308. The van der Waals surface area contributed by atoms with Gasteiger partial charge in [0.15, 0.2) is 5.16 Å². The first-order valence-corrected chi connectivity index (χ1v) is 6.33. The van der Waals surface area contributed by atoms with E-state index in [1.54, 1.807) is 11.8 Å². The minimum atomic E-state index is 0.805. The van der Waals surface area contributed by atoms with Crippen LogP contribution < -0.4 is 0 Å². The van der Waals surface area contributed by atoms with Crippen LogP contribution in [0, 0.1) is 11.8 Å². The Kier molecular flexibility index (Phi) is 3.53. The fourth-order valence-corrected chi connectivity index (χ4v) is 2.53. The average Bonchev–Trinajstić information content (AvgIpc) is 2.67. The summed E-state index contributed by atoms with van der Waals surface area (Å²) >= 11 is 1.70. The molecule has 82 valence electrons. The summed E-state index contributed by atoms with van der Waals surface area (Å²) in [5, 5.41) is 1.06. The summed E-state index contributed by atoms with van der Waals surface area (Å²) in [5.74, 6) is 6.76. The lowest BCUT2D eigenvalue weighted by molar-refractivity contribution is 0.703. The van der Waals surface area contributed by atoms with Gasteiger partial charge >= 0.3 is 0 Å². The smallest absolute Gasteiger partial charge is 0.169 e. The number of benzene rings is 1. The van der Waals surface area contributed by atoms with Gasteiger partial charge < -0.3 is 4.57 Å². The molecule has 0 aliphatic rings. The first-order chi connectivity index (χ1) is 7.86. The van der Waals surface area contributed by atoms with E-state index < -0.39 is 0 Å². The largest absolute Gasteiger partial charge is 0.319 e. The molecule has 1 heterocycles.